The summed E-state index contributed by atoms with van der Waals surface area (Å²) in [6.07, 6.45) is 5.54. The highest BCUT2D eigenvalue weighted by Gasteiger charge is 2.40. The molecule has 1 aliphatic carbocycles. The highest BCUT2D eigenvalue weighted by atomic mass is 14.9. The molecule has 0 aliphatic heterocycles. The molecule has 3 rings (SSSR count). The second-order valence-electron chi connectivity index (χ2n) is 5.99. The Kier molecular flexibility index (Phi) is 3.56. The third-order valence-electron chi connectivity index (χ3n) is 4.43. The first-order chi connectivity index (χ1) is 9.33. The van der Waals surface area contributed by atoms with Crippen LogP contribution >= 0.6 is 0 Å². The number of fused-ring (bicyclic) bond motifs is 1. The van der Waals surface area contributed by atoms with E-state index in [0.717, 1.165) is 6.54 Å². The summed E-state index contributed by atoms with van der Waals surface area (Å²) in [5.41, 5.74) is 2.06. The standard InChI is InChI=1S/C18H23N/c1-2-10-18(11-12-18)14-19-13-16-8-5-7-15-6-3-4-9-17(15)16/h3-9,19H,2,10-14H2,1H3. The summed E-state index contributed by atoms with van der Waals surface area (Å²) in [6.45, 7) is 4.47. The van der Waals surface area contributed by atoms with Crippen molar-refractivity contribution in [2.45, 2.75) is 39.2 Å². The van der Waals surface area contributed by atoms with Crippen molar-refractivity contribution >= 4 is 10.8 Å². The first-order valence-electron chi connectivity index (χ1n) is 7.50. The summed E-state index contributed by atoms with van der Waals surface area (Å²) in [7, 11) is 0. The molecule has 0 spiro atoms. The number of hydrogen-bond donors (Lipinski definition) is 1. The maximum absolute atomic E-state index is 3.68. The van der Waals surface area contributed by atoms with Gasteiger partial charge in [0, 0.05) is 13.1 Å². The van der Waals surface area contributed by atoms with E-state index in [-0.39, 0.29) is 0 Å². The Morgan fingerprint density at radius 2 is 1.84 bits per heavy atom. The van der Waals surface area contributed by atoms with Crippen LogP contribution in [0.2, 0.25) is 0 Å². The van der Waals surface area contributed by atoms with Crippen LogP contribution in [0.1, 0.15) is 38.2 Å². The normalized spacial score (nSPS) is 16.7. The van der Waals surface area contributed by atoms with Gasteiger partial charge in [-0.05, 0) is 41.0 Å². The van der Waals surface area contributed by atoms with Crippen LogP contribution < -0.4 is 5.32 Å². The summed E-state index contributed by atoms with van der Waals surface area (Å²) in [4.78, 5) is 0. The topological polar surface area (TPSA) is 12.0 Å². The Bertz CT molecular complexity index is 549. The van der Waals surface area contributed by atoms with E-state index >= 15 is 0 Å². The number of benzene rings is 2. The van der Waals surface area contributed by atoms with Gasteiger partial charge in [0.1, 0.15) is 0 Å². The molecule has 1 aliphatic rings. The second-order valence-corrected chi connectivity index (χ2v) is 5.99. The van der Waals surface area contributed by atoms with Crippen LogP contribution in [-0.2, 0) is 6.54 Å². The van der Waals surface area contributed by atoms with Gasteiger partial charge in [0.2, 0.25) is 0 Å². The van der Waals surface area contributed by atoms with Gasteiger partial charge in [0.15, 0.2) is 0 Å². The zero-order chi connectivity index (χ0) is 13.1. The average molecular weight is 253 g/mol. The molecule has 1 N–H and O–H groups in total. The van der Waals surface area contributed by atoms with Crippen molar-refractivity contribution in [3.63, 3.8) is 0 Å². The Balaban J connectivity index is 1.66. The number of rotatable bonds is 6. The van der Waals surface area contributed by atoms with Crippen LogP contribution in [0.25, 0.3) is 10.8 Å². The highest BCUT2D eigenvalue weighted by Crippen LogP contribution is 2.48. The third kappa shape index (κ3) is 2.82. The van der Waals surface area contributed by atoms with Crippen LogP contribution in [0.3, 0.4) is 0 Å². The van der Waals surface area contributed by atoms with Gasteiger partial charge in [0.25, 0.3) is 0 Å². The maximum atomic E-state index is 3.68. The lowest BCUT2D eigenvalue weighted by Gasteiger charge is -2.15. The smallest absolute Gasteiger partial charge is 0.0211 e. The van der Waals surface area contributed by atoms with Gasteiger partial charge in [-0.3, -0.25) is 0 Å². The largest absolute Gasteiger partial charge is 0.312 e. The van der Waals surface area contributed by atoms with Crippen molar-refractivity contribution in [1.82, 2.24) is 5.32 Å². The minimum atomic E-state index is 0.638. The Labute approximate surface area is 116 Å². The molecule has 0 saturated heterocycles. The van der Waals surface area contributed by atoms with E-state index in [2.05, 4.69) is 54.7 Å². The Morgan fingerprint density at radius 3 is 2.63 bits per heavy atom. The van der Waals surface area contributed by atoms with Gasteiger partial charge >= 0.3 is 0 Å². The van der Waals surface area contributed by atoms with Crippen molar-refractivity contribution in [3.05, 3.63) is 48.0 Å². The van der Waals surface area contributed by atoms with E-state index in [0.29, 0.717) is 5.41 Å². The molecule has 0 atom stereocenters. The van der Waals surface area contributed by atoms with E-state index in [1.807, 2.05) is 0 Å². The Hall–Kier alpha value is -1.34. The van der Waals surface area contributed by atoms with Crippen LogP contribution in [0.4, 0.5) is 0 Å². The fraction of sp³-hybridized carbons (Fsp3) is 0.444. The lowest BCUT2D eigenvalue weighted by Crippen LogP contribution is -2.23. The maximum Gasteiger partial charge on any atom is 0.0211 e. The average Bonchev–Trinajstić information content (AvgIpc) is 3.19. The summed E-state index contributed by atoms with van der Waals surface area (Å²) in [5.74, 6) is 0. The summed E-state index contributed by atoms with van der Waals surface area (Å²) >= 11 is 0. The molecule has 0 amide bonds. The Morgan fingerprint density at radius 1 is 1.05 bits per heavy atom. The lowest BCUT2D eigenvalue weighted by molar-refractivity contribution is 0.421. The van der Waals surface area contributed by atoms with Gasteiger partial charge in [-0.2, -0.15) is 0 Å². The predicted octanol–water partition coefficient (Wildman–Crippen LogP) is 4.51. The van der Waals surface area contributed by atoms with Crippen molar-refractivity contribution in [1.29, 1.82) is 0 Å². The van der Waals surface area contributed by atoms with Crippen molar-refractivity contribution in [2.75, 3.05) is 6.54 Å². The summed E-state index contributed by atoms with van der Waals surface area (Å²) in [5, 5.41) is 6.41. The molecule has 1 heteroatoms. The zero-order valence-electron chi connectivity index (χ0n) is 11.8. The third-order valence-corrected chi connectivity index (χ3v) is 4.43. The molecule has 0 radical (unpaired) electrons. The minimum absolute atomic E-state index is 0.638. The van der Waals surface area contributed by atoms with E-state index in [1.54, 1.807) is 0 Å². The molecule has 0 heterocycles. The monoisotopic (exact) mass is 253 g/mol. The van der Waals surface area contributed by atoms with Crippen LogP contribution in [0.15, 0.2) is 42.5 Å². The van der Waals surface area contributed by atoms with E-state index in [1.165, 1.54) is 48.6 Å². The van der Waals surface area contributed by atoms with Gasteiger partial charge in [0.05, 0.1) is 0 Å². The molecule has 0 aromatic heterocycles. The lowest BCUT2D eigenvalue weighted by atomic mass is 10.0. The van der Waals surface area contributed by atoms with Gasteiger partial charge < -0.3 is 5.32 Å². The fourth-order valence-electron chi connectivity index (χ4n) is 3.13. The van der Waals surface area contributed by atoms with E-state index in [9.17, 15) is 0 Å². The SMILES string of the molecule is CCCC1(CNCc2cccc3ccccc23)CC1. The van der Waals surface area contributed by atoms with E-state index in [4.69, 9.17) is 0 Å². The predicted molar refractivity (Wildman–Crippen MR) is 82.2 cm³/mol. The van der Waals surface area contributed by atoms with E-state index < -0.39 is 0 Å². The van der Waals surface area contributed by atoms with Crippen LogP contribution in [0, 0.1) is 5.41 Å². The molecule has 0 unspecified atom stereocenters. The molecule has 1 nitrogen and oxygen atoms in total. The van der Waals surface area contributed by atoms with Crippen molar-refractivity contribution < 1.29 is 0 Å². The molecule has 1 fully saturated rings. The molecule has 0 bridgehead atoms. The number of hydrogen-bond acceptors (Lipinski definition) is 1. The van der Waals surface area contributed by atoms with Gasteiger partial charge in [-0.1, -0.05) is 55.8 Å². The molecule has 2 aromatic carbocycles. The fourth-order valence-corrected chi connectivity index (χ4v) is 3.13. The first-order valence-corrected chi connectivity index (χ1v) is 7.50. The molecule has 2 aromatic rings. The van der Waals surface area contributed by atoms with Gasteiger partial charge in [-0.15, -0.1) is 0 Å². The first kappa shape index (κ1) is 12.7. The van der Waals surface area contributed by atoms with Gasteiger partial charge in [-0.25, -0.2) is 0 Å². The summed E-state index contributed by atoms with van der Waals surface area (Å²) in [6, 6.07) is 15.3. The minimum Gasteiger partial charge on any atom is -0.312 e. The van der Waals surface area contributed by atoms with Crippen LogP contribution in [-0.4, -0.2) is 6.54 Å². The summed E-state index contributed by atoms with van der Waals surface area (Å²) < 4.78 is 0. The molecular weight excluding hydrogens is 230 g/mol. The molecular formula is C18H23N. The van der Waals surface area contributed by atoms with Crippen molar-refractivity contribution in [2.24, 2.45) is 5.41 Å². The quantitative estimate of drug-likeness (QED) is 0.798. The number of nitrogens with one attached hydrogen (secondary N) is 1. The zero-order valence-corrected chi connectivity index (χ0v) is 11.8. The van der Waals surface area contributed by atoms with Crippen LogP contribution in [0.5, 0.6) is 0 Å². The molecule has 100 valence electrons. The highest BCUT2D eigenvalue weighted by molar-refractivity contribution is 5.85. The molecule has 1 saturated carbocycles. The van der Waals surface area contributed by atoms with Crippen molar-refractivity contribution in [3.8, 4) is 0 Å². The molecule has 19 heavy (non-hydrogen) atoms. The second kappa shape index (κ2) is 5.34.